The summed E-state index contributed by atoms with van der Waals surface area (Å²) in [7, 11) is 0. The van der Waals surface area contributed by atoms with Gasteiger partial charge >= 0.3 is 5.97 Å². The van der Waals surface area contributed by atoms with E-state index in [1.807, 2.05) is 77.6 Å². The summed E-state index contributed by atoms with van der Waals surface area (Å²) in [6.45, 7) is 4.12. The summed E-state index contributed by atoms with van der Waals surface area (Å²) in [5.74, 6) is 0.730. The van der Waals surface area contributed by atoms with Gasteiger partial charge in [0, 0.05) is 34.4 Å². The topological polar surface area (TPSA) is 80.1 Å². The number of aryl methyl sites for hydroxylation is 1. The van der Waals surface area contributed by atoms with Crippen molar-refractivity contribution in [1.82, 2.24) is 14.8 Å². The molecule has 0 saturated carbocycles. The van der Waals surface area contributed by atoms with Crippen LogP contribution in [0.3, 0.4) is 0 Å². The quantitative estimate of drug-likeness (QED) is 0.301. The third kappa shape index (κ3) is 4.18. The van der Waals surface area contributed by atoms with Crippen LogP contribution in [-0.2, 0) is 11.2 Å². The zero-order chi connectivity index (χ0) is 23.7. The molecule has 0 aliphatic carbocycles. The Balaban J connectivity index is 1.44. The molecule has 0 saturated heterocycles. The normalized spacial score (nSPS) is 12.1. The molecule has 0 bridgehead atoms. The molecule has 0 amide bonds. The second-order valence-corrected chi connectivity index (χ2v) is 8.41. The minimum absolute atomic E-state index is 0.000127. The molecule has 2 heterocycles. The third-order valence-electron chi connectivity index (χ3n) is 6.14. The van der Waals surface area contributed by atoms with Gasteiger partial charge in [-0.1, -0.05) is 36.4 Å². The van der Waals surface area contributed by atoms with E-state index in [-0.39, 0.29) is 12.5 Å². The fraction of sp³-hybridized carbons (Fsp3) is 0.143. The smallest absolute Gasteiger partial charge is 0.307 e. The van der Waals surface area contributed by atoms with Crippen LogP contribution in [-0.4, -0.2) is 25.8 Å². The highest BCUT2D eigenvalue weighted by molar-refractivity contribution is 5.85. The lowest BCUT2D eigenvalue weighted by molar-refractivity contribution is -0.136. The molecule has 0 radical (unpaired) electrons. The summed E-state index contributed by atoms with van der Waals surface area (Å²) in [5, 5.41) is 14.8. The number of carboxylic acids is 1. The van der Waals surface area contributed by atoms with Crippen molar-refractivity contribution in [2.24, 2.45) is 0 Å². The van der Waals surface area contributed by atoms with Gasteiger partial charge < -0.3 is 14.8 Å². The Hall–Kier alpha value is -4.32. The number of rotatable bonds is 7. The van der Waals surface area contributed by atoms with Gasteiger partial charge in [-0.25, -0.2) is 0 Å². The first kappa shape index (κ1) is 21.5. The predicted octanol–water partition coefficient (Wildman–Crippen LogP) is 6.37. The highest BCUT2D eigenvalue weighted by Gasteiger charge is 2.16. The number of hydrogen-bond donors (Lipinski definition) is 2. The lowest BCUT2D eigenvalue weighted by atomic mass is 10.0. The van der Waals surface area contributed by atoms with Crippen LogP contribution in [0.4, 0.5) is 0 Å². The van der Waals surface area contributed by atoms with Crippen molar-refractivity contribution in [3.05, 3.63) is 102 Å². The number of aromatic amines is 1. The third-order valence-corrected chi connectivity index (χ3v) is 6.14. The Morgan fingerprint density at radius 1 is 1.09 bits per heavy atom. The van der Waals surface area contributed by atoms with Crippen molar-refractivity contribution < 1.29 is 14.6 Å². The van der Waals surface area contributed by atoms with Crippen molar-refractivity contribution in [3.8, 4) is 22.8 Å². The average molecular weight is 452 g/mol. The summed E-state index contributed by atoms with van der Waals surface area (Å²) >= 11 is 0. The van der Waals surface area contributed by atoms with Crippen molar-refractivity contribution in [2.75, 3.05) is 0 Å². The van der Waals surface area contributed by atoms with Gasteiger partial charge in [0.1, 0.15) is 11.5 Å². The molecule has 0 spiro atoms. The first-order valence-corrected chi connectivity index (χ1v) is 11.2. The molecular weight excluding hydrogens is 426 g/mol. The van der Waals surface area contributed by atoms with Gasteiger partial charge in [0.2, 0.25) is 0 Å². The van der Waals surface area contributed by atoms with Crippen LogP contribution in [0.25, 0.3) is 22.2 Å². The number of ether oxygens (including phenoxy) is 1. The largest absolute Gasteiger partial charge is 0.481 e. The van der Waals surface area contributed by atoms with Gasteiger partial charge in [0.15, 0.2) is 0 Å². The Morgan fingerprint density at radius 3 is 2.79 bits per heavy atom. The molecule has 1 atom stereocenters. The van der Waals surface area contributed by atoms with Crippen LogP contribution in [0.5, 0.6) is 11.5 Å². The number of aliphatic carboxylic acids is 1. The van der Waals surface area contributed by atoms with E-state index in [0.29, 0.717) is 0 Å². The minimum atomic E-state index is -0.840. The molecule has 2 aromatic heterocycles. The number of H-pyrrole nitrogens is 1. The summed E-state index contributed by atoms with van der Waals surface area (Å²) in [6.07, 6.45) is 3.71. The average Bonchev–Trinajstić information content (AvgIpc) is 3.51. The van der Waals surface area contributed by atoms with E-state index >= 15 is 0 Å². The number of nitrogens with zero attached hydrogens (tertiary/aromatic N) is 2. The van der Waals surface area contributed by atoms with Crippen LogP contribution < -0.4 is 4.74 Å². The number of nitrogens with one attached hydrogen (secondary N) is 1. The lowest BCUT2D eigenvalue weighted by Crippen LogP contribution is -2.11. The van der Waals surface area contributed by atoms with Gasteiger partial charge in [-0.3, -0.25) is 9.48 Å². The summed E-state index contributed by atoms with van der Waals surface area (Å²) in [4.78, 5) is 14.3. The molecule has 34 heavy (non-hydrogen) atoms. The Kier molecular flexibility index (Phi) is 5.64. The van der Waals surface area contributed by atoms with Crippen molar-refractivity contribution in [3.63, 3.8) is 0 Å². The van der Waals surface area contributed by atoms with Gasteiger partial charge in [-0.2, -0.15) is 5.10 Å². The van der Waals surface area contributed by atoms with Crippen LogP contribution in [0.15, 0.2) is 85.2 Å². The maximum absolute atomic E-state index is 11.1. The summed E-state index contributed by atoms with van der Waals surface area (Å²) < 4.78 is 8.22. The highest BCUT2D eigenvalue weighted by atomic mass is 16.5. The zero-order valence-corrected chi connectivity index (χ0v) is 19.0. The van der Waals surface area contributed by atoms with Crippen molar-refractivity contribution in [2.45, 2.75) is 26.3 Å². The Labute approximate surface area is 197 Å². The number of carbonyl (C=O) groups is 1. The summed E-state index contributed by atoms with van der Waals surface area (Å²) in [6, 6.07) is 23.6. The molecule has 6 nitrogen and oxygen atoms in total. The van der Waals surface area contributed by atoms with E-state index in [2.05, 4.69) is 30.0 Å². The molecule has 0 aliphatic rings. The standard InChI is InChI=1S/C28H25N3O3/c1-18-24-11-13-29-25(24)9-10-27(18)34-23-8-4-7-22(17-23)26-12-14-30-31(26)19(2)21-6-3-5-20(15-21)16-28(32)33/h3-15,17,19,29H,16H2,1-2H3,(H,32,33). The molecule has 1 unspecified atom stereocenters. The molecule has 6 heteroatoms. The fourth-order valence-electron chi connectivity index (χ4n) is 4.35. The molecular formula is C28H25N3O3. The Morgan fingerprint density at radius 2 is 1.94 bits per heavy atom. The molecule has 5 rings (SSSR count). The van der Waals surface area contributed by atoms with Gasteiger partial charge in [0.25, 0.3) is 0 Å². The van der Waals surface area contributed by atoms with E-state index < -0.39 is 5.97 Å². The van der Waals surface area contributed by atoms with Crippen LogP contribution in [0, 0.1) is 6.92 Å². The second-order valence-electron chi connectivity index (χ2n) is 8.41. The molecule has 3 aromatic carbocycles. The van der Waals surface area contributed by atoms with Gasteiger partial charge in [0.05, 0.1) is 18.2 Å². The molecule has 5 aromatic rings. The molecule has 0 aliphatic heterocycles. The number of hydrogen-bond acceptors (Lipinski definition) is 3. The zero-order valence-electron chi connectivity index (χ0n) is 19.0. The highest BCUT2D eigenvalue weighted by Crippen LogP contribution is 2.33. The van der Waals surface area contributed by atoms with Crippen LogP contribution >= 0.6 is 0 Å². The van der Waals surface area contributed by atoms with Crippen molar-refractivity contribution >= 4 is 16.9 Å². The van der Waals surface area contributed by atoms with E-state index in [4.69, 9.17) is 9.84 Å². The number of benzene rings is 3. The van der Waals surface area contributed by atoms with E-state index in [9.17, 15) is 4.79 Å². The van der Waals surface area contributed by atoms with Crippen molar-refractivity contribution in [1.29, 1.82) is 0 Å². The fourth-order valence-corrected chi connectivity index (χ4v) is 4.35. The van der Waals surface area contributed by atoms with Crippen LogP contribution in [0.1, 0.15) is 29.7 Å². The minimum Gasteiger partial charge on any atom is -0.481 e. The van der Waals surface area contributed by atoms with Crippen LogP contribution in [0.2, 0.25) is 0 Å². The Bertz CT molecular complexity index is 1480. The van der Waals surface area contributed by atoms with Gasteiger partial charge in [-0.15, -0.1) is 0 Å². The number of carboxylic acid groups (broad SMARTS) is 1. The van der Waals surface area contributed by atoms with E-state index in [1.54, 1.807) is 6.20 Å². The van der Waals surface area contributed by atoms with Gasteiger partial charge in [-0.05, 0) is 61.4 Å². The lowest BCUT2D eigenvalue weighted by Gasteiger charge is -2.18. The second kappa shape index (κ2) is 8.90. The number of fused-ring (bicyclic) bond motifs is 1. The predicted molar refractivity (Wildman–Crippen MR) is 132 cm³/mol. The first-order chi connectivity index (χ1) is 16.5. The molecule has 170 valence electrons. The van der Waals surface area contributed by atoms with E-state index in [1.165, 1.54) is 0 Å². The summed E-state index contributed by atoms with van der Waals surface area (Å²) in [5.41, 5.74) is 5.90. The maximum Gasteiger partial charge on any atom is 0.307 e. The monoisotopic (exact) mass is 451 g/mol. The van der Waals surface area contributed by atoms with E-state index in [0.717, 1.165) is 50.3 Å². The maximum atomic E-state index is 11.1. The SMILES string of the molecule is Cc1c(Oc2cccc(-c3ccnn3C(C)c3cccc(CC(=O)O)c3)c2)ccc2[nH]ccc12. The number of aromatic nitrogens is 3. The first-order valence-electron chi connectivity index (χ1n) is 11.2. The molecule has 2 N–H and O–H groups in total. The molecule has 0 fully saturated rings.